The quantitative estimate of drug-likeness (QED) is 0.827. The summed E-state index contributed by atoms with van der Waals surface area (Å²) in [6.07, 6.45) is 1.82. The lowest BCUT2D eigenvalue weighted by Gasteiger charge is -2.42. The number of aryl methyl sites for hydroxylation is 1. The molecule has 1 aromatic carbocycles. The minimum absolute atomic E-state index is 0. The van der Waals surface area contributed by atoms with Gasteiger partial charge in [0.05, 0.1) is 29.8 Å². The number of nitrogens with one attached hydrogen (secondary N) is 1. The van der Waals surface area contributed by atoms with Crippen LogP contribution < -0.4 is 5.32 Å². The van der Waals surface area contributed by atoms with Crippen molar-refractivity contribution in [2.45, 2.75) is 25.2 Å². The van der Waals surface area contributed by atoms with Crippen LogP contribution in [0.4, 0.5) is 0 Å². The fourth-order valence-electron chi connectivity index (χ4n) is 4.26. The maximum absolute atomic E-state index is 13.0. The van der Waals surface area contributed by atoms with Crippen LogP contribution in [-0.4, -0.2) is 55.2 Å². The van der Waals surface area contributed by atoms with Gasteiger partial charge in [0.2, 0.25) is 5.91 Å². The van der Waals surface area contributed by atoms with Crippen LogP contribution in [0.5, 0.6) is 0 Å². The molecule has 0 saturated carbocycles. The molecule has 1 atom stereocenters. The molecule has 5 nitrogen and oxygen atoms in total. The second-order valence-corrected chi connectivity index (χ2v) is 8.56. The van der Waals surface area contributed by atoms with Gasteiger partial charge in [0.15, 0.2) is 0 Å². The van der Waals surface area contributed by atoms with E-state index in [9.17, 15) is 4.79 Å². The summed E-state index contributed by atoms with van der Waals surface area (Å²) < 4.78 is 5.58. The number of aromatic nitrogens is 1. The molecule has 0 spiro atoms. The molecule has 1 unspecified atom stereocenters. The second kappa shape index (κ2) is 9.35. The monoisotopic (exact) mass is 421 g/mol. The summed E-state index contributed by atoms with van der Waals surface area (Å²) >= 11 is 1.71. The molecule has 152 valence electrons. The molecule has 1 N–H and O–H groups in total. The maximum atomic E-state index is 13.0. The molecule has 4 rings (SSSR count). The summed E-state index contributed by atoms with van der Waals surface area (Å²) in [5.41, 5.74) is 2.37. The predicted molar refractivity (Wildman–Crippen MR) is 114 cm³/mol. The van der Waals surface area contributed by atoms with Gasteiger partial charge in [-0.15, -0.1) is 23.7 Å². The molecular formula is C21H28ClN3O2S. The Hall–Kier alpha value is -1.47. The number of hydrogen-bond donors (Lipinski definition) is 1. The van der Waals surface area contributed by atoms with Gasteiger partial charge in [0.25, 0.3) is 0 Å². The van der Waals surface area contributed by atoms with Gasteiger partial charge >= 0.3 is 0 Å². The van der Waals surface area contributed by atoms with E-state index in [0.29, 0.717) is 19.8 Å². The van der Waals surface area contributed by atoms with Crippen LogP contribution in [0, 0.1) is 12.8 Å². The van der Waals surface area contributed by atoms with Crippen molar-refractivity contribution in [3.8, 4) is 0 Å². The summed E-state index contributed by atoms with van der Waals surface area (Å²) in [7, 11) is 0. The number of nitrogens with zero attached hydrogens (tertiary/aromatic N) is 2. The van der Waals surface area contributed by atoms with Gasteiger partial charge < -0.3 is 15.0 Å². The van der Waals surface area contributed by atoms with E-state index < -0.39 is 0 Å². The number of halogens is 1. The lowest BCUT2D eigenvalue weighted by Crippen LogP contribution is -2.49. The maximum Gasteiger partial charge on any atom is 0.229 e. The third-order valence-electron chi connectivity index (χ3n) is 5.85. The van der Waals surface area contributed by atoms with Crippen molar-refractivity contribution in [3.05, 3.63) is 52.0 Å². The zero-order chi connectivity index (χ0) is 18.7. The van der Waals surface area contributed by atoms with Crippen LogP contribution in [-0.2, 0) is 14.9 Å². The van der Waals surface area contributed by atoms with E-state index in [2.05, 4.69) is 48.0 Å². The smallest absolute Gasteiger partial charge is 0.229 e. The zero-order valence-electron chi connectivity index (χ0n) is 16.2. The highest BCUT2D eigenvalue weighted by atomic mass is 35.5. The second-order valence-electron chi connectivity index (χ2n) is 7.50. The van der Waals surface area contributed by atoms with Gasteiger partial charge in [0.1, 0.15) is 0 Å². The average molecular weight is 422 g/mol. The van der Waals surface area contributed by atoms with E-state index in [-0.39, 0.29) is 29.6 Å². The molecular weight excluding hydrogens is 394 g/mol. The van der Waals surface area contributed by atoms with E-state index in [1.165, 1.54) is 5.56 Å². The minimum Gasteiger partial charge on any atom is -0.379 e. The van der Waals surface area contributed by atoms with Crippen molar-refractivity contribution in [2.75, 3.05) is 39.4 Å². The van der Waals surface area contributed by atoms with Crippen molar-refractivity contribution in [3.63, 3.8) is 0 Å². The predicted octanol–water partition coefficient (Wildman–Crippen LogP) is 3.02. The highest BCUT2D eigenvalue weighted by Gasteiger charge is 2.41. The van der Waals surface area contributed by atoms with E-state index in [4.69, 9.17) is 9.72 Å². The molecule has 2 aliphatic rings. The van der Waals surface area contributed by atoms with Gasteiger partial charge in [-0.3, -0.25) is 4.79 Å². The zero-order valence-corrected chi connectivity index (χ0v) is 17.9. The van der Waals surface area contributed by atoms with Crippen LogP contribution in [0.15, 0.2) is 35.7 Å². The Morgan fingerprint density at radius 2 is 2.04 bits per heavy atom. The number of hydrogen-bond acceptors (Lipinski definition) is 5. The van der Waals surface area contributed by atoms with Crippen LogP contribution >= 0.6 is 23.7 Å². The minimum atomic E-state index is -0.0962. The molecule has 0 bridgehead atoms. The molecule has 0 radical (unpaired) electrons. The summed E-state index contributed by atoms with van der Waals surface area (Å²) in [5, 5.41) is 6.60. The van der Waals surface area contributed by atoms with Crippen molar-refractivity contribution in [1.29, 1.82) is 0 Å². The Kier molecular flexibility index (Phi) is 7.10. The fourth-order valence-corrected chi connectivity index (χ4v) is 4.98. The topological polar surface area (TPSA) is 54.5 Å². The molecule has 2 saturated heterocycles. The Balaban J connectivity index is 0.00000225. The van der Waals surface area contributed by atoms with Gasteiger partial charge in [-0.05, 0) is 25.3 Å². The lowest BCUT2D eigenvalue weighted by molar-refractivity contribution is -0.138. The van der Waals surface area contributed by atoms with E-state index >= 15 is 0 Å². The van der Waals surface area contributed by atoms with Gasteiger partial charge in [-0.25, -0.2) is 4.98 Å². The molecule has 3 heterocycles. The summed E-state index contributed by atoms with van der Waals surface area (Å²) in [5.74, 6) is 0.152. The largest absolute Gasteiger partial charge is 0.379 e. The highest BCUT2D eigenvalue weighted by Crippen LogP contribution is 2.42. The van der Waals surface area contributed by atoms with E-state index in [0.717, 1.165) is 43.2 Å². The van der Waals surface area contributed by atoms with Crippen LogP contribution in [0.1, 0.15) is 29.1 Å². The molecule has 2 aliphatic heterocycles. The van der Waals surface area contributed by atoms with Gasteiger partial charge in [0, 0.05) is 37.0 Å². The van der Waals surface area contributed by atoms with Crippen molar-refractivity contribution in [2.24, 2.45) is 5.92 Å². The van der Waals surface area contributed by atoms with Crippen LogP contribution in [0.25, 0.3) is 0 Å². The summed E-state index contributed by atoms with van der Waals surface area (Å²) in [6.45, 7) is 6.34. The molecule has 2 fully saturated rings. The Morgan fingerprint density at radius 1 is 1.29 bits per heavy atom. The first-order valence-electron chi connectivity index (χ1n) is 9.74. The number of carbonyl (C=O) groups is 1. The first-order chi connectivity index (χ1) is 13.2. The first-order valence-corrected chi connectivity index (χ1v) is 10.6. The third kappa shape index (κ3) is 4.25. The van der Waals surface area contributed by atoms with Crippen molar-refractivity contribution < 1.29 is 9.53 Å². The summed E-state index contributed by atoms with van der Waals surface area (Å²) in [4.78, 5) is 19.9. The first kappa shape index (κ1) is 21.2. The number of ether oxygens (including phenoxy) is 1. The van der Waals surface area contributed by atoms with Crippen LogP contribution in [0.2, 0.25) is 0 Å². The Morgan fingerprint density at radius 3 is 2.71 bits per heavy atom. The van der Waals surface area contributed by atoms with Gasteiger partial charge in [-0.1, -0.05) is 30.3 Å². The lowest BCUT2D eigenvalue weighted by atomic mass is 9.70. The standard InChI is InChI=1S/C21H27N3O2S.ClH/c1-16-23-19(15-27-16)21(18-5-3-2-4-6-18)7-10-24(11-8-21)20(25)17-13-22-9-12-26-14-17;/h2-6,15,17,22H,7-14H2,1H3;1H. The molecule has 7 heteroatoms. The number of likely N-dealkylation sites (tertiary alicyclic amines) is 1. The number of benzene rings is 1. The van der Waals surface area contributed by atoms with Gasteiger partial charge in [-0.2, -0.15) is 0 Å². The molecule has 1 amide bonds. The SMILES string of the molecule is Cc1nc(C2(c3ccccc3)CCN(C(=O)C3CNCCOC3)CC2)cs1.Cl. The average Bonchev–Trinajstić information content (AvgIpc) is 2.98. The fraction of sp³-hybridized carbons (Fsp3) is 0.524. The summed E-state index contributed by atoms with van der Waals surface area (Å²) in [6, 6.07) is 10.7. The molecule has 1 aromatic heterocycles. The molecule has 0 aliphatic carbocycles. The van der Waals surface area contributed by atoms with Crippen molar-refractivity contribution in [1.82, 2.24) is 15.2 Å². The highest BCUT2D eigenvalue weighted by molar-refractivity contribution is 7.09. The number of thiazole rings is 1. The third-order valence-corrected chi connectivity index (χ3v) is 6.62. The number of carbonyl (C=O) groups excluding carboxylic acids is 1. The number of piperidine rings is 1. The molecule has 2 aromatic rings. The Labute approximate surface area is 176 Å². The van der Waals surface area contributed by atoms with Crippen molar-refractivity contribution >= 4 is 29.7 Å². The number of rotatable bonds is 3. The van der Waals surface area contributed by atoms with E-state index in [1.54, 1.807) is 11.3 Å². The van der Waals surface area contributed by atoms with E-state index in [1.807, 2.05) is 4.90 Å². The van der Waals surface area contributed by atoms with Crippen LogP contribution in [0.3, 0.4) is 0 Å². The Bertz CT molecular complexity index is 767. The number of amides is 1. The molecule has 28 heavy (non-hydrogen) atoms. The normalized spacial score (nSPS) is 22.2.